The predicted octanol–water partition coefficient (Wildman–Crippen LogP) is 4.81. The monoisotopic (exact) mass is 585 g/mol. The van der Waals surface area contributed by atoms with Gasteiger partial charge >= 0.3 is 0 Å². The van der Waals surface area contributed by atoms with E-state index in [4.69, 9.17) is 14.5 Å². The molecule has 1 atom stereocenters. The number of piperidine rings is 1. The Bertz CT molecular complexity index is 1500. The third-order valence-electron chi connectivity index (χ3n) is 9.16. The number of fused-ring (bicyclic) bond motifs is 1. The van der Waals surface area contributed by atoms with E-state index in [2.05, 4.69) is 51.6 Å². The Morgan fingerprint density at radius 2 is 1.77 bits per heavy atom. The fraction of sp³-hybridized carbons (Fsp3) is 0.412. The van der Waals surface area contributed by atoms with Crippen LogP contribution in [-0.2, 0) is 5.41 Å². The molecule has 4 N–H and O–H groups in total. The fourth-order valence-electron chi connectivity index (χ4n) is 6.77. The van der Waals surface area contributed by atoms with Crippen LogP contribution in [0.4, 0.5) is 5.95 Å². The van der Waals surface area contributed by atoms with Crippen molar-refractivity contribution in [1.29, 1.82) is 0 Å². The lowest BCUT2D eigenvalue weighted by Crippen LogP contribution is -2.42. The van der Waals surface area contributed by atoms with Crippen LogP contribution in [0, 0.1) is 6.92 Å². The number of likely N-dealkylation sites (tertiary alicyclic amines) is 2. The van der Waals surface area contributed by atoms with Crippen molar-refractivity contribution >= 4 is 22.9 Å². The topological polar surface area (TPSA) is 114 Å². The van der Waals surface area contributed by atoms with Crippen LogP contribution in [0.1, 0.15) is 47.2 Å². The Hall–Kier alpha value is -4.08. The second kappa shape index (κ2) is 13.1. The molecule has 2 saturated heterocycles. The van der Waals surface area contributed by atoms with Gasteiger partial charge in [0.2, 0.25) is 5.95 Å². The van der Waals surface area contributed by atoms with Gasteiger partial charge in [-0.05, 0) is 74.5 Å². The molecule has 1 aromatic heterocycles. The predicted molar refractivity (Wildman–Crippen MR) is 170 cm³/mol. The normalized spacial score (nSPS) is 19.3. The molecule has 1 unspecified atom stereocenters. The number of anilines is 1. The molecule has 0 spiro atoms. The van der Waals surface area contributed by atoms with Crippen molar-refractivity contribution in [2.24, 2.45) is 0 Å². The standard InChI is InChI=1S/C34H41N5O3.H2O/c1-24-21-25(22-30(41-2)31(24)42-3)32(40)39-20-16-34(23-39,26-9-5-4-6-10-26)15-19-38-17-13-27(14-18-38)35-33-36-28-11-7-8-12-29(28)37-33;/h4-12,21-22,27H,13-20,23H2,1-3H3,(H2,35,36,37);1H2. The highest BCUT2D eigenvalue weighted by Crippen LogP contribution is 2.40. The molecule has 3 aromatic carbocycles. The summed E-state index contributed by atoms with van der Waals surface area (Å²) < 4.78 is 11.0. The average molecular weight is 586 g/mol. The fourth-order valence-corrected chi connectivity index (χ4v) is 6.77. The zero-order valence-corrected chi connectivity index (χ0v) is 25.4. The van der Waals surface area contributed by atoms with Crippen molar-refractivity contribution in [2.75, 3.05) is 52.3 Å². The minimum atomic E-state index is -0.0636. The van der Waals surface area contributed by atoms with Gasteiger partial charge in [-0.15, -0.1) is 0 Å². The van der Waals surface area contributed by atoms with Crippen LogP contribution in [0.15, 0.2) is 66.7 Å². The number of aromatic amines is 1. The van der Waals surface area contributed by atoms with Crippen LogP contribution in [0.25, 0.3) is 11.0 Å². The lowest BCUT2D eigenvalue weighted by atomic mass is 9.76. The minimum Gasteiger partial charge on any atom is -0.493 e. The van der Waals surface area contributed by atoms with E-state index in [1.54, 1.807) is 20.3 Å². The first kappa shape index (κ1) is 30.4. The van der Waals surface area contributed by atoms with E-state index in [9.17, 15) is 4.79 Å². The van der Waals surface area contributed by atoms with Crippen LogP contribution in [-0.4, -0.2) is 84.1 Å². The summed E-state index contributed by atoms with van der Waals surface area (Å²) in [5.74, 6) is 2.17. The number of aromatic nitrogens is 2. The van der Waals surface area contributed by atoms with Crippen LogP contribution in [0.3, 0.4) is 0 Å². The number of amides is 1. The number of carbonyl (C=O) groups is 1. The van der Waals surface area contributed by atoms with E-state index < -0.39 is 0 Å². The van der Waals surface area contributed by atoms with E-state index in [0.29, 0.717) is 29.6 Å². The number of benzene rings is 3. The zero-order valence-electron chi connectivity index (χ0n) is 25.4. The van der Waals surface area contributed by atoms with Gasteiger partial charge in [-0.25, -0.2) is 4.98 Å². The van der Waals surface area contributed by atoms with Gasteiger partial charge in [0, 0.05) is 43.2 Å². The summed E-state index contributed by atoms with van der Waals surface area (Å²) in [5, 5.41) is 3.62. The number of hydrogen-bond donors (Lipinski definition) is 2. The summed E-state index contributed by atoms with van der Waals surface area (Å²) in [5.41, 5.74) is 4.86. The Balaban J connectivity index is 0.00000368. The van der Waals surface area contributed by atoms with Crippen molar-refractivity contribution in [3.8, 4) is 11.5 Å². The second-order valence-electron chi connectivity index (χ2n) is 11.8. The summed E-state index contributed by atoms with van der Waals surface area (Å²) in [6, 6.07) is 23.1. The van der Waals surface area contributed by atoms with Crippen LogP contribution < -0.4 is 14.8 Å². The van der Waals surface area contributed by atoms with Gasteiger partial charge in [-0.1, -0.05) is 42.5 Å². The Morgan fingerprint density at radius 3 is 2.49 bits per heavy atom. The second-order valence-corrected chi connectivity index (χ2v) is 11.8. The maximum atomic E-state index is 13.7. The van der Waals surface area contributed by atoms with Crippen molar-refractivity contribution in [3.05, 3.63) is 83.4 Å². The number of nitrogens with zero attached hydrogens (tertiary/aromatic N) is 3. The summed E-state index contributed by atoms with van der Waals surface area (Å²) in [7, 11) is 3.24. The molecule has 0 bridgehead atoms. The third kappa shape index (κ3) is 6.33. The van der Waals surface area contributed by atoms with Crippen molar-refractivity contribution in [1.82, 2.24) is 19.8 Å². The Morgan fingerprint density at radius 1 is 1.02 bits per heavy atom. The number of nitrogens with one attached hydrogen (secondary N) is 2. The van der Waals surface area contributed by atoms with E-state index in [1.165, 1.54) is 5.56 Å². The van der Waals surface area contributed by atoms with Crippen molar-refractivity contribution in [3.63, 3.8) is 0 Å². The molecule has 6 rings (SSSR count). The molecule has 4 aromatic rings. The first-order chi connectivity index (χ1) is 20.5. The summed E-state index contributed by atoms with van der Waals surface area (Å²) in [6.07, 6.45) is 4.14. The first-order valence-electron chi connectivity index (χ1n) is 15.0. The third-order valence-corrected chi connectivity index (χ3v) is 9.16. The zero-order chi connectivity index (χ0) is 29.1. The number of aryl methyl sites for hydroxylation is 1. The Kier molecular flexibility index (Phi) is 9.22. The molecule has 2 aliphatic rings. The van der Waals surface area contributed by atoms with Crippen LogP contribution in [0.5, 0.6) is 11.5 Å². The van der Waals surface area contributed by atoms with Gasteiger partial charge in [0.1, 0.15) is 0 Å². The molecule has 1 amide bonds. The maximum absolute atomic E-state index is 13.7. The number of hydrogen-bond acceptors (Lipinski definition) is 6. The van der Waals surface area contributed by atoms with Gasteiger partial charge < -0.3 is 35.1 Å². The molecule has 43 heavy (non-hydrogen) atoms. The molecule has 3 heterocycles. The number of imidazole rings is 1. The Labute approximate surface area is 253 Å². The molecule has 9 heteroatoms. The number of para-hydroxylation sites is 2. The lowest BCUT2D eigenvalue weighted by Gasteiger charge is -2.36. The van der Waals surface area contributed by atoms with E-state index in [0.717, 1.165) is 74.4 Å². The van der Waals surface area contributed by atoms with Gasteiger partial charge in [0.15, 0.2) is 11.5 Å². The van der Waals surface area contributed by atoms with Crippen LogP contribution >= 0.6 is 0 Å². The average Bonchev–Trinajstić information content (AvgIpc) is 3.65. The highest BCUT2D eigenvalue weighted by atomic mass is 16.5. The SMILES string of the molecule is COc1cc(C(=O)N2CCC(CCN3CCC(Nc4nc5ccccc5[nH]4)CC3)(c3ccccc3)C2)cc(C)c1OC.O. The van der Waals surface area contributed by atoms with Crippen molar-refractivity contribution in [2.45, 2.75) is 44.1 Å². The van der Waals surface area contributed by atoms with Gasteiger partial charge in [0.05, 0.1) is 25.3 Å². The molecule has 0 radical (unpaired) electrons. The summed E-state index contributed by atoms with van der Waals surface area (Å²) in [4.78, 5) is 26.4. The van der Waals surface area contributed by atoms with E-state index in [1.807, 2.05) is 36.1 Å². The maximum Gasteiger partial charge on any atom is 0.254 e. The minimum absolute atomic E-state index is 0. The number of carbonyl (C=O) groups excluding carboxylic acids is 1. The van der Waals surface area contributed by atoms with Gasteiger partial charge in [-0.3, -0.25) is 4.79 Å². The molecule has 0 saturated carbocycles. The molecule has 228 valence electrons. The van der Waals surface area contributed by atoms with Gasteiger partial charge in [-0.2, -0.15) is 0 Å². The number of H-pyrrole nitrogens is 1. The largest absolute Gasteiger partial charge is 0.493 e. The van der Waals surface area contributed by atoms with Crippen LogP contribution in [0.2, 0.25) is 0 Å². The smallest absolute Gasteiger partial charge is 0.254 e. The number of rotatable bonds is 9. The number of ether oxygens (including phenoxy) is 2. The quantitative estimate of drug-likeness (QED) is 0.291. The molecule has 9 nitrogen and oxygen atoms in total. The summed E-state index contributed by atoms with van der Waals surface area (Å²) >= 11 is 0. The van der Waals surface area contributed by atoms with Gasteiger partial charge in [0.25, 0.3) is 5.91 Å². The summed E-state index contributed by atoms with van der Waals surface area (Å²) in [6.45, 7) is 6.53. The number of methoxy groups -OCH3 is 2. The van der Waals surface area contributed by atoms with Crippen molar-refractivity contribution < 1.29 is 19.7 Å². The van der Waals surface area contributed by atoms with E-state index >= 15 is 0 Å². The molecule has 2 aliphatic heterocycles. The molecule has 2 fully saturated rings. The molecule has 0 aliphatic carbocycles. The molecular weight excluding hydrogens is 542 g/mol. The highest BCUT2D eigenvalue weighted by molar-refractivity contribution is 5.95. The molecular formula is C34H43N5O4. The first-order valence-corrected chi connectivity index (χ1v) is 15.0. The lowest BCUT2D eigenvalue weighted by molar-refractivity contribution is 0.0779. The van der Waals surface area contributed by atoms with E-state index in [-0.39, 0.29) is 16.8 Å². The highest BCUT2D eigenvalue weighted by Gasteiger charge is 2.42.